The molecule has 1 aromatic heterocycles. The van der Waals surface area contributed by atoms with Gasteiger partial charge in [0, 0.05) is 27.8 Å². The van der Waals surface area contributed by atoms with Crippen LogP contribution >= 0.6 is 23.1 Å². The molecule has 7 aromatic carbocycles. The maximum Gasteiger partial charge on any atom is 0.355 e. The van der Waals surface area contributed by atoms with E-state index < -0.39 is 40.3 Å². The van der Waals surface area contributed by atoms with Crippen molar-refractivity contribution < 1.29 is 33.8 Å². The van der Waals surface area contributed by atoms with E-state index in [-0.39, 0.29) is 36.1 Å². The topological polar surface area (TPSA) is 152 Å². The number of aliphatic hydroxyl groups excluding tert-OH is 1. The molecule has 2 aliphatic rings. The van der Waals surface area contributed by atoms with Crippen LogP contribution in [0.15, 0.2) is 240 Å². The van der Waals surface area contributed by atoms with Crippen LogP contribution in [0.1, 0.15) is 44.6 Å². The lowest BCUT2D eigenvalue weighted by Crippen LogP contribution is -2.71. The van der Waals surface area contributed by atoms with Gasteiger partial charge in [0.25, 0.3) is 11.8 Å². The number of methoxy groups -OCH3 is 1. The lowest BCUT2D eigenvalue weighted by atomic mass is 9.77. The summed E-state index contributed by atoms with van der Waals surface area (Å²) in [6.45, 7) is -0.338. The lowest BCUT2D eigenvalue weighted by Gasteiger charge is -2.49. The minimum absolute atomic E-state index is 0.0389. The Labute approximate surface area is 443 Å². The average Bonchev–Trinajstić information content (AvgIpc) is 3.96. The van der Waals surface area contributed by atoms with Crippen LogP contribution in [0.4, 0.5) is 5.13 Å². The number of oxime groups is 1. The van der Waals surface area contributed by atoms with Crippen molar-refractivity contribution in [2.75, 3.05) is 24.8 Å². The smallest absolute Gasteiger partial charge is 0.355 e. The van der Waals surface area contributed by atoms with E-state index in [1.54, 1.807) is 42.8 Å². The second-order valence-corrected chi connectivity index (χ2v) is 19.5. The zero-order valence-electron chi connectivity index (χ0n) is 40.7. The molecule has 2 aliphatic heterocycles. The predicted molar refractivity (Wildman–Crippen MR) is 293 cm³/mol. The highest BCUT2D eigenvalue weighted by Crippen LogP contribution is 2.44. The Morgan fingerprint density at radius 1 is 0.720 bits per heavy atom. The number of thiazole rings is 1. The number of benzene rings is 7. The SMILES string of the molecule is COc1ccc(COC(=O)C2=C(C=CCO)CS[C@H]3C(NC(=O)C(=NOC(c4ccccc4)(c4ccccc4)c4ccccc4)c4csc(NC(c5ccccc5)(c5ccccc5)c5ccccc5)n4)C(=O)N23)cc1. The molecule has 0 radical (unpaired) electrons. The van der Waals surface area contributed by atoms with Gasteiger partial charge in [0.2, 0.25) is 5.60 Å². The summed E-state index contributed by atoms with van der Waals surface area (Å²) in [5, 5.41) is 22.8. The van der Waals surface area contributed by atoms with E-state index in [1.165, 1.54) is 34.1 Å². The summed E-state index contributed by atoms with van der Waals surface area (Å²) in [7, 11) is 1.57. The fourth-order valence-electron chi connectivity index (χ4n) is 9.48. The molecule has 75 heavy (non-hydrogen) atoms. The molecule has 2 amide bonds. The number of thioether (sulfide) groups is 1. The molecule has 10 rings (SSSR count). The third kappa shape index (κ3) is 10.1. The summed E-state index contributed by atoms with van der Waals surface area (Å²) in [6.07, 6.45) is 3.11. The fourth-order valence-corrected chi connectivity index (χ4v) is 11.5. The molecule has 14 heteroatoms. The zero-order valence-corrected chi connectivity index (χ0v) is 42.3. The highest BCUT2D eigenvalue weighted by atomic mass is 32.2. The number of anilines is 1. The van der Waals surface area contributed by atoms with Crippen molar-refractivity contribution in [2.45, 2.75) is 29.2 Å². The quantitative estimate of drug-likeness (QED) is 0.0235. The number of carbonyl (C=O) groups is 3. The third-order valence-electron chi connectivity index (χ3n) is 13.1. The number of nitrogens with zero attached hydrogens (tertiary/aromatic N) is 3. The van der Waals surface area contributed by atoms with E-state index in [4.69, 9.17) is 24.5 Å². The minimum atomic E-state index is -1.37. The van der Waals surface area contributed by atoms with E-state index in [1.807, 2.05) is 146 Å². The summed E-state index contributed by atoms with van der Waals surface area (Å²) in [4.78, 5) is 57.2. The molecule has 1 saturated heterocycles. The molecule has 374 valence electrons. The Bertz CT molecular complexity index is 3150. The van der Waals surface area contributed by atoms with Crippen LogP contribution in [0.2, 0.25) is 0 Å². The third-order valence-corrected chi connectivity index (χ3v) is 15.2. The zero-order chi connectivity index (χ0) is 51.6. The molecule has 12 nitrogen and oxygen atoms in total. The van der Waals surface area contributed by atoms with E-state index in [0.717, 1.165) is 38.9 Å². The van der Waals surface area contributed by atoms with Gasteiger partial charge in [0.1, 0.15) is 40.7 Å². The number of hydrogen-bond donors (Lipinski definition) is 3. The number of aliphatic hydroxyl groups is 1. The normalized spacial score (nSPS) is 15.7. The standard InChI is InChI=1S/C61H51N5O7S2/c1-71-50-36-34-42(35-37-50)39-72-58(70)54-43(21-20-38-67)40-74-57-53(56(69)66(54)57)63-55(68)52(65-73-61(47-28-14-5-15-29-47,48-30-16-6-17-31-48)49-32-18-7-19-33-49)51-41-75-59(62-51)64-60(44-22-8-2-9-23-44,45-24-10-3-11-25-45)46-26-12-4-13-27-46/h2-37,41,53,57,67H,38-40H2,1H3,(H,62,64)(H,63,68)/t53?,57-/m0/s1. The van der Waals surface area contributed by atoms with Crippen LogP contribution in [-0.4, -0.2) is 69.4 Å². The van der Waals surface area contributed by atoms with Gasteiger partial charge in [-0.05, 0) is 40.0 Å². The van der Waals surface area contributed by atoms with Crippen LogP contribution in [0.25, 0.3) is 0 Å². The van der Waals surface area contributed by atoms with Crippen molar-refractivity contribution in [3.8, 4) is 5.75 Å². The van der Waals surface area contributed by atoms with Crippen LogP contribution in [0.3, 0.4) is 0 Å². The Hall–Kier alpha value is -8.56. The first-order chi connectivity index (χ1) is 36.8. The fraction of sp³-hybridized carbons (Fsp3) is 0.131. The second-order valence-electron chi connectivity index (χ2n) is 17.6. The van der Waals surface area contributed by atoms with Crippen molar-refractivity contribution in [3.63, 3.8) is 0 Å². The number of nitrogens with one attached hydrogen (secondary N) is 2. The van der Waals surface area contributed by atoms with E-state index in [0.29, 0.717) is 16.5 Å². The first-order valence-electron chi connectivity index (χ1n) is 24.2. The van der Waals surface area contributed by atoms with Crippen LogP contribution in [0.5, 0.6) is 5.75 Å². The number of fused-ring (bicyclic) bond motifs is 1. The highest BCUT2D eigenvalue weighted by molar-refractivity contribution is 8.00. The summed E-state index contributed by atoms with van der Waals surface area (Å²) in [5.41, 5.74) is 4.05. The summed E-state index contributed by atoms with van der Waals surface area (Å²) in [6, 6.07) is 65.4. The summed E-state index contributed by atoms with van der Waals surface area (Å²) in [5.74, 6) is -1.04. The number of amides is 2. The first-order valence-corrected chi connectivity index (χ1v) is 26.2. The van der Waals surface area contributed by atoms with Gasteiger partial charge in [-0.25, -0.2) is 9.78 Å². The predicted octanol–water partition coefficient (Wildman–Crippen LogP) is 10.2. The maximum atomic E-state index is 15.3. The Morgan fingerprint density at radius 2 is 1.21 bits per heavy atom. The molecule has 3 N–H and O–H groups in total. The maximum absolute atomic E-state index is 15.3. The van der Waals surface area contributed by atoms with Crippen molar-refractivity contribution in [2.24, 2.45) is 5.16 Å². The number of allylic oxidation sites excluding steroid dienone is 1. The highest BCUT2D eigenvalue weighted by Gasteiger charge is 2.55. The molecule has 0 bridgehead atoms. The van der Waals surface area contributed by atoms with Gasteiger partial charge >= 0.3 is 5.97 Å². The van der Waals surface area contributed by atoms with Gasteiger partial charge in [0.15, 0.2) is 10.8 Å². The monoisotopic (exact) mass is 1030 g/mol. The van der Waals surface area contributed by atoms with Crippen molar-refractivity contribution in [3.05, 3.63) is 280 Å². The number of carbonyl (C=O) groups excluding carboxylic acids is 3. The molecule has 0 spiro atoms. The van der Waals surface area contributed by atoms with Gasteiger partial charge in [-0.2, -0.15) is 0 Å². The van der Waals surface area contributed by atoms with Gasteiger partial charge < -0.3 is 30.1 Å². The first kappa shape index (κ1) is 50.0. The average molecular weight is 1030 g/mol. The molecule has 2 atom stereocenters. The molecule has 0 aliphatic carbocycles. The summed E-state index contributed by atoms with van der Waals surface area (Å²) >= 11 is 2.66. The molecular formula is C61H51N5O7S2. The molecule has 8 aromatic rings. The van der Waals surface area contributed by atoms with E-state index in [9.17, 15) is 14.7 Å². The van der Waals surface area contributed by atoms with Crippen molar-refractivity contribution >= 4 is 51.7 Å². The number of β-lactam (4-membered cyclic amide) rings is 1. The van der Waals surface area contributed by atoms with Gasteiger partial charge in [0.05, 0.1) is 13.7 Å². The van der Waals surface area contributed by atoms with E-state index in [2.05, 4.69) is 47.0 Å². The van der Waals surface area contributed by atoms with Crippen LogP contribution in [0, 0.1) is 0 Å². The minimum Gasteiger partial charge on any atom is -0.497 e. The van der Waals surface area contributed by atoms with Gasteiger partial charge in [-0.15, -0.1) is 23.1 Å². The molecule has 1 unspecified atom stereocenters. The number of rotatable bonds is 19. The lowest BCUT2D eigenvalue weighted by molar-refractivity contribution is -0.153. The summed E-state index contributed by atoms with van der Waals surface area (Å²) < 4.78 is 11.1. The van der Waals surface area contributed by atoms with Crippen molar-refractivity contribution in [1.29, 1.82) is 0 Å². The largest absolute Gasteiger partial charge is 0.497 e. The Kier molecular flexibility index (Phi) is 15.1. The second kappa shape index (κ2) is 22.7. The van der Waals surface area contributed by atoms with Gasteiger partial charge in [-0.3, -0.25) is 14.5 Å². The Balaban J connectivity index is 1.04. The number of esters is 1. The molecule has 3 heterocycles. The van der Waals surface area contributed by atoms with Crippen LogP contribution in [-0.2, 0) is 41.7 Å². The van der Waals surface area contributed by atoms with Crippen molar-refractivity contribution in [1.82, 2.24) is 15.2 Å². The number of ether oxygens (including phenoxy) is 2. The number of aromatic nitrogens is 1. The molecule has 1 fully saturated rings. The number of hydrogen-bond acceptors (Lipinski definition) is 12. The molecule has 0 saturated carbocycles. The van der Waals surface area contributed by atoms with Crippen LogP contribution < -0.4 is 15.4 Å². The molecular weight excluding hydrogens is 979 g/mol. The Morgan fingerprint density at radius 3 is 1.69 bits per heavy atom. The van der Waals surface area contributed by atoms with E-state index >= 15 is 4.79 Å². The van der Waals surface area contributed by atoms with Gasteiger partial charge in [-0.1, -0.05) is 211 Å².